The summed E-state index contributed by atoms with van der Waals surface area (Å²) in [5.41, 5.74) is 8.07. The Kier molecular flexibility index (Phi) is 2.52. The predicted molar refractivity (Wildman–Crippen MR) is 104 cm³/mol. The molecular weight excluding hydrogens is 292 g/mol. The van der Waals surface area contributed by atoms with Gasteiger partial charge in [0.1, 0.15) is 0 Å². The molecular formula is C22H20N2. The second kappa shape index (κ2) is 4.41. The number of aromatic nitrogens is 2. The van der Waals surface area contributed by atoms with Gasteiger partial charge in [-0.15, -0.1) is 0 Å². The van der Waals surface area contributed by atoms with E-state index >= 15 is 0 Å². The summed E-state index contributed by atoms with van der Waals surface area (Å²) < 4.78 is 4.70. The molecule has 3 aromatic carbocycles. The van der Waals surface area contributed by atoms with Crippen LogP contribution in [0, 0.1) is 13.8 Å². The Morgan fingerprint density at radius 1 is 0.583 bits per heavy atom. The Balaban J connectivity index is 2.22. The van der Waals surface area contributed by atoms with Crippen LogP contribution in [0.3, 0.4) is 0 Å². The second-order valence-electron chi connectivity index (χ2n) is 6.85. The van der Waals surface area contributed by atoms with E-state index in [-0.39, 0.29) is 0 Å². The fourth-order valence-electron chi connectivity index (χ4n) is 4.66. The van der Waals surface area contributed by atoms with Gasteiger partial charge in [0, 0.05) is 46.7 Å². The van der Waals surface area contributed by atoms with Gasteiger partial charge < -0.3 is 9.13 Å². The van der Waals surface area contributed by atoms with Crippen LogP contribution < -0.4 is 0 Å². The van der Waals surface area contributed by atoms with Crippen LogP contribution in [0.5, 0.6) is 0 Å². The molecule has 2 aromatic heterocycles. The molecule has 0 unspecified atom stereocenters. The first-order valence-electron chi connectivity index (χ1n) is 8.44. The minimum absolute atomic E-state index is 1.30. The van der Waals surface area contributed by atoms with Crippen LogP contribution >= 0.6 is 0 Å². The molecule has 118 valence electrons. The van der Waals surface area contributed by atoms with Crippen LogP contribution in [0.4, 0.5) is 0 Å². The van der Waals surface area contributed by atoms with Crippen molar-refractivity contribution in [3.63, 3.8) is 0 Å². The van der Waals surface area contributed by atoms with E-state index in [4.69, 9.17) is 0 Å². The largest absolute Gasteiger partial charge is 0.343 e. The molecule has 2 heteroatoms. The van der Waals surface area contributed by atoms with Crippen LogP contribution in [-0.4, -0.2) is 9.13 Å². The number of nitrogens with zero attached hydrogens (tertiary/aromatic N) is 2. The highest BCUT2D eigenvalue weighted by Crippen LogP contribution is 2.41. The molecule has 5 aromatic rings. The number of para-hydroxylation sites is 2. The van der Waals surface area contributed by atoms with Crippen molar-refractivity contribution in [2.45, 2.75) is 13.8 Å². The van der Waals surface area contributed by atoms with Crippen LogP contribution in [0.25, 0.3) is 43.6 Å². The minimum Gasteiger partial charge on any atom is -0.343 e. The molecule has 2 heterocycles. The van der Waals surface area contributed by atoms with E-state index in [0.717, 1.165) is 0 Å². The zero-order valence-electron chi connectivity index (χ0n) is 14.5. The van der Waals surface area contributed by atoms with E-state index in [1.807, 2.05) is 0 Å². The van der Waals surface area contributed by atoms with Crippen molar-refractivity contribution in [3.05, 3.63) is 59.7 Å². The van der Waals surface area contributed by atoms with E-state index < -0.39 is 0 Å². The highest BCUT2D eigenvalue weighted by Gasteiger charge is 2.20. The van der Waals surface area contributed by atoms with Crippen LogP contribution in [0.2, 0.25) is 0 Å². The van der Waals surface area contributed by atoms with Crippen molar-refractivity contribution in [2.75, 3.05) is 0 Å². The molecule has 0 radical (unpaired) electrons. The highest BCUT2D eigenvalue weighted by atomic mass is 15.0. The number of hydrogen-bond donors (Lipinski definition) is 0. The monoisotopic (exact) mass is 312 g/mol. The summed E-state index contributed by atoms with van der Waals surface area (Å²) in [6, 6.07) is 17.5. The Hall–Kier alpha value is -2.74. The molecule has 0 saturated heterocycles. The van der Waals surface area contributed by atoms with Gasteiger partial charge >= 0.3 is 0 Å². The fourth-order valence-corrected chi connectivity index (χ4v) is 4.66. The summed E-state index contributed by atoms with van der Waals surface area (Å²) in [5.74, 6) is 0. The molecule has 5 rings (SSSR count). The third-order valence-corrected chi connectivity index (χ3v) is 5.67. The van der Waals surface area contributed by atoms with Crippen molar-refractivity contribution in [1.82, 2.24) is 9.13 Å². The van der Waals surface area contributed by atoms with Gasteiger partial charge in [0.05, 0.1) is 11.0 Å². The first-order chi connectivity index (χ1) is 11.6. The third kappa shape index (κ3) is 1.42. The molecule has 24 heavy (non-hydrogen) atoms. The molecule has 0 fully saturated rings. The van der Waals surface area contributed by atoms with E-state index in [1.54, 1.807) is 0 Å². The Morgan fingerprint density at radius 2 is 1.00 bits per heavy atom. The highest BCUT2D eigenvalue weighted by molar-refractivity contribution is 6.22. The van der Waals surface area contributed by atoms with E-state index in [0.29, 0.717) is 0 Å². The van der Waals surface area contributed by atoms with Crippen LogP contribution in [0.1, 0.15) is 11.1 Å². The standard InChI is InChI=1S/C22H20N2/c1-13-19-15-9-5-7-11-17(15)23(3)21(19)14(2)22-20(13)16-10-6-8-12-18(16)24(22)4/h5-12H,1-4H3. The Bertz CT molecular complexity index is 1180. The van der Waals surface area contributed by atoms with Gasteiger partial charge in [-0.1, -0.05) is 36.4 Å². The van der Waals surface area contributed by atoms with Crippen molar-refractivity contribution in [3.8, 4) is 0 Å². The molecule has 0 amide bonds. The van der Waals surface area contributed by atoms with Crippen LogP contribution in [0.15, 0.2) is 48.5 Å². The summed E-state index contributed by atoms with van der Waals surface area (Å²) in [4.78, 5) is 0. The lowest BCUT2D eigenvalue weighted by molar-refractivity contribution is 0.991. The number of rotatable bonds is 0. The maximum absolute atomic E-state index is 2.35. The molecule has 2 nitrogen and oxygen atoms in total. The summed E-state index contributed by atoms with van der Waals surface area (Å²) >= 11 is 0. The summed E-state index contributed by atoms with van der Waals surface area (Å²) in [7, 11) is 4.37. The minimum atomic E-state index is 1.30. The molecule has 0 aliphatic rings. The van der Waals surface area contributed by atoms with Gasteiger partial charge in [0.15, 0.2) is 0 Å². The fraction of sp³-hybridized carbons (Fsp3) is 0.182. The van der Waals surface area contributed by atoms with Gasteiger partial charge in [0.25, 0.3) is 0 Å². The third-order valence-electron chi connectivity index (χ3n) is 5.67. The van der Waals surface area contributed by atoms with E-state index in [9.17, 15) is 0 Å². The van der Waals surface area contributed by atoms with E-state index in [2.05, 4.69) is 85.6 Å². The first kappa shape index (κ1) is 13.7. The smallest absolute Gasteiger partial charge is 0.0542 e. The van der Waals surface area contributed by atoms with Gasteiger partial charge in [-0.3, -0.25) is 0 Å². The topological polar surface area (TPSA) is 9.86 Å². The maximum Gasteiger partial charge on any atom is 0.0542 e. The lowest BCUT2D eigenvalue weighted by Crippen LogP contribution is -1.95. The molecule has 0 atom stereocenters. The number of benzene rings is 3. The van der Waals surface area contributed by atoms with Crippen molar-refractivity contribution in [1.29, 1.82) is 0 Å². The van der Waals surface area contributed by atoms with Gasteiger partial charge in [0.2, 0.25) is 0 Å². The quantitative estimate of drug-likeness (QED) is 0.352. The number of fused-ring (bicyclic) bond motifs is 6. The van der Waals surface area contributed by atoms with Crippen molar-refractivity contribution < 1.29 is 0 Å². The number of aryl methyl sites for hydroxylation is 4. The SMILES string of the molecule is Cc1c2c3ccccc3n(C)c2c(C)c2c1c1ccccc1n2C. The zero-order valence-corrected chi connectivity index (χ0v) is 14.5. The predicted octanol–water partition coefficient (Wildman–Crippen LogP) is 5.59. The maximum atomic E-state index is 2.35. The molecule has 0 N–H and O–H groups in total. The average molecular weight is 312 g/mol. The second-order valence-corrected chi connectivity index (χ2v) is 6.85. The van der Waals surface area contributed by atoms with E-state index in [1.165, 1.54) is 54.7 Å². The summed E-state index contributed by atoms with van der Waals surface area (Å²) in [6.07, 6.45) is 0. The van der Waals surface area contributed by atoms with Crippen molar-refractivity contribution >= 4 is 43.6 Å². The molecule has 0 aliphatic heterocycles. The van der Waals surface area contributed by atoms with Crippen LogP contribution in [-0.2, 0) is 14.1 Å². The lowest BCUT2D eigenvalue weighted by Gasteiger charge is -2.09. The lowest BCUT2D eigenvalue weighted by atomic mass is 9.98. The van der Waals surface area contributed by atoms with Gasteiger partial charge in [-0.05, 0) is 37.1 Å². The van der Waals surface area contributed by atoms with Gasteiger partial charge in [-0.2, -0.15) is 0 Å². The van der Waals surface area contributed by atoms with Gasteiger partial charge in [-0.25, -0.2) is 0 Å². The summed E-state index contributed by atoms with van der Waals surface area (Å²) in [5, 5.41) is 5.50. The Morgan fingerprint density at radius 3 is 1.46 bits per heavy atom. The molecule has 0 spiro atoms. The summed E-state index contributed by atoms with van der Waals surface area (Å²) in [6.45, 7) is 4.55. The van der Waals surface area contributed by atoms with Crippen molar-refractivity contribution in [2.24, 2.45) is 14.1 Å². The first-order valence-corrected chi connectivity index (χ1v) is 8.44. The zero-order chi connectivity index (χ0) is 16.6. The number of hydrogen-bond acceptors (Lipinski definition) is 0. The molecule has 0 saturated carbocycles. The average Bonchev–Trinajstić information content (AvgIpc) is 3.07. The molecule has 0 bridgehead atoms. The normalized spacial score (nSPS) is 12.2. The Labute approximate surface area is 140 Å². The molecule has 0 aliphatic carbocycles.